The van der Waals surface area contributed by atoms with Gasteiger partial charge < -0.3 is 10.2 Å². The number of fused-ring (bicyclic) bond motifs is 1. The highest BCUT2D eigenvalue weighted by Gasteiger charge is 2.46. The first-order chi connectivity index (χ1) is 12.1. The molecule has 2 aliphatic heterocycles. The maximum atomic E-state index is 13.2. The molecule has 4 rings (SSSR count). The Morgan fingerprint density at radius 2 is 1.92 bits per heavy atom. The monoisotopic (exact) mass is 334 g/mol. The van der Waals surface area contributed by atoms with Crippen molar-refractivity contribution < 1.29 is 4.79 Å². The summed E-state index contributed by atoms with van der Waals surface area (Å²) in [6, 6.07) is 17.1. The van der Waals surface area contributed by atoms with Crippen molar-refractivity contribution in [3.05, 3.63) is 70.8 Å². The topological polar surface area (TPSA) is 32.3 Å². The second-order valence-electron chi connectivity index (χ2n) is 7.59. The molecule has 2 aromatic carbocycles. The Bertz CT molecular complexity index is 771. The zero-order valence-corrected chi connectivity index (χ0v) is 15.0. The number of hydrogen-bond donors (Lipinski definition) is 1. The van der Waals surface area contributed by atoms with Crippen molar-refractivity contribution in [2.75, 3.05) is 19.6 Å². The number of amides is 1. The van der Waals surface area contributed by atoms with Gasteiger partial charge in [-0.25, -0.2) is 0 Å². The third-order valence-corrected chi connectivity index (χ3v) is 5.87. The van der Waals surface area contributed by atoms with Crippen LogP contribution in [0.15, 0.2) is 48.5 Å². The van der Waals surface area contributed by atoms with Crippen LogP contribution in [-0.4, -0.2) is 30.4 Å². The van der Waals surface area contributed by atoms with E-state index in [2.05, 4.69) is 66.5 Å². The molecule has 1 amide bonds. The molecule has 0 radical (unpaired) electrons. The highest BCUT2D eigenvalue weighted by atomic mass is 16.2. The van der Waals surface area contributed by atoms with E-state index in [0.717, 1.165) is 25.2 Å². The van der Waals surface area contributed by atoms with Gasteiger partial charge in [0, 0.05) is 25.6 Å². The summed E-state index contributed by atoms with van der Waals surface area (Å²) in [5.74, 6) is 1.37. The molecule has 0 unspecified atom stereocenters. The van der Waals surface area contributed by atoms with E-state index in [0.29, 0.717) is 18.3 Å². The summed E-state index contributed by atoms with van der Waals surface area (Å²) in [4.78, 5) is 15.3. The summed E-state index contributed by atoms with van der Waals surface area (Å²) >= 11 is 0. The predicted molar refractivity (Wildman–Crippen MR) is 100 cm³/mol. The molecule has 3 heteroatoms. The summed E-state index contributed by atoms with van der Waals surface area (Å²) in [7, 11) is 0. The van der Waals surface area contributed by atoms with Gasteiger partial charge in [-0.3, -0.25) is 4.79 Å². The fourth-order valence-electron chi connectivity index (χ4n) is 4.51. The first-order valence-electron chi connectivity index (χ1n) is 9.25. The van der Waals surface area contributed by atoms with Crippen LogP contribution in [-0.2, 0) is 11.2 Å². The highest BCUT2D eigenvalue weighted by Crippen LogP contribution is 2.42. The van der Waals surface area contributed by atoms with Gasteiger partial charge in [0.25, 0.3) is 0 Å². The molecular formula is C22H26N2O. The Morgan fingerprint density at radius 3 is 2.72 bits per heavy atom. The van der Waals surface area contributed by atoms with Gasteiger partial charge in [0.1, 0.15) is 0 Å². The molecule has 1 N–H and O–H groups in total. The molecule has 130 valence electrons. The van der Waals surface area contributed by atoms with Gasteiger partial charge in [0.05, 0.1) is 12.5 Å². The summed E-state index contributed by atoms with van der Waals surface area (Å²) in [5.41, 5.74) is 4.85. The Balaban J connectivity index is 1.61. The van der Waals surface area contributed by atoms with E-state index in [1.165, 1.54) is 16.7 Å². The van der Waals surface area contributed by atoms with Gasteiger partial charge in [-0.05, 0) is 36.5 Å². The second kappa shape index (κ2) is 6.64. The fraction of sp³-hybridized carbons (Fsp3) is 0.409. The number of benzene rings is 2. The summed E-state index contributed by atoms with van der Waals surface area (Å²) in [6.45, 7) is 7.10. The molecule has 0 aromatic heterocycles. The van der Waals surface area contributed by atoms with Crippen LogP contribution in [0.25, 0.3) is 0 Å². The molecule has 2 heterocycles. The van der Waals surface area contributed by atoms with Crippen molar-refractivity contribution >= 4 is 5.91 Å². The van der Waals surface area contributed by atoms with Crippen LogP contribution < -0.4 is 5.32 Å². The Morgan fingerprint density at radius 1 is 1.12 bits per heavy atom. The fourth-order valence-corrected chi connectivity index (χ4v) is 4.51. The highest BCUT2D eigenvalue weighted by molar-refractivity contribution is 5.80. The van der Waals surface area contributed by atoms with Crippen molar-refractivity contribution in [1.82, 2.24) is 10.2 Å². The molecule has 0 bridgehead atoms. The minimum atomic E-state index is 0.207. The number of carbonyl (C=O) groups excluding carboxylic acids is 1. The normalized spacial score (nSPS) is 25.2. The smallest absolute Gasteiger partial charge is 0.227 e. The van der Waals surface area contributed by atoms with E-state index >= 15 is 0 Å². The maximum Gasteiger partial charge on any atom is 0.227 e. The molecule has 2 aromatic rings. The van der Waals surface area contributed by atoms with Gasteiger partial charge in [0.15, 0.2) is 0 Å². The molecule has 2 fully saturated rings. The molecule has 0 aliphatic carbocycles. The lowest BCUT2D eigenvalue weighted by Gasteiger charge is -2.29. The van der Waals surface area contributed by atoms with E-state index in [4.69, 9.17) is 0 Å². The lowest BCUT2D eigenvalue weighted by atomic mass is 9.89. The Hall–Kier alpha value is -2.13. The first kappa shape index (κ1) is 16.3. The van der Waals surface area contributed by atoms with Gasteiger partial charge in [-0.2, -0.15) is 0 Å². The zero-order chi connectivity index (χ0) is 17.4. The standard InChI is InChI=1S/C22H26N2O/c1-15-8-9-16(2)18(10-15)11-21(25)24-14-19-12-23-13-20(19)22(24)17-6-4-3-5-7-17/h3-10,19-20,22-23H,11-14H2,1-2H3/t19-,20-,22-/m0/s1. The minimum Gasteiger partial charge on any atom is -0.335 e. The quantitative estimate of drug-likeness (QED) is 0.934. The summed E-state index contributed by atoms with van der Waals surface area (Å²) < 4.78 is 0. The largest absolute Gasteiger partial charge is 0.335 e. The molecule has 2 saturated heterocycles. The number of aryl methyl sites for hydroxylation is 2. The number of rotatable bonds is 3. The molecule has 25 heavy (non-hydrogen) atoms. The minimum absolute atomic E-state index is 0.207. The summed E-state index contributed by atoms with van der Waals surface area (Å²) in [6.07, 6.45) is 0.504. The average Bonchev–Trinajstić information content (AvgIpc) is 3.19. The number of nitrogens with one attached hydrogen (secondary N) is 1. The van der Waals surface area contributed by atoms with Crippen molar-refractivity contribution in [3.63, 3.8) is 0 Å². The van der Waals surface area contributed by atoms with Crippen molar-refractivity contribution in [1.29, 1.82) is 0 Å². The van der Waals surface area contributed by atoms with Crippen LogP contribution in [0, 0.1) is 25.7 Å². The van der Waals surface area contributed by atoms with E-state index < -0.39 is 0 Å². The van der Waals surface area contributed by atoms with E-state index in [1.54, 1.807) is 0 Å². The van der Waals surface area contributed by atoms with Crippen molar-refractivity contribution in [2.24, 2.45) is 11.8 Å². The third kappa shape index (κ3) is 3.09. The Labute approximate surface area is 150 Å². The van der Waals surface area contributed by atoms with Crippen LogP contribution in [0.2, 0.25) is 0 Å². The van der Waals surface area contributed by atoms with Gasteiger partial charge in [0.2, 0.25) is 5.91 Å². The predicted octanol–water partition coefficient (Wildman–Crippen LogP) is 3.27. The van der Waals surface area contributed by atoms with E-state index in [9.17, 15) is 4.79 Å². The number of likely N-dealkylation sites (tertiary alicyclic amines) is 1. The molecule has 3 nitrogen and oxygen atoms in total. The number of nitrogens with zero attached hydrogens (tertiary/aromatic N) is 1. The lowest BCUT2D eigenvalue weighted by Crippen LogP contribution is -2.35. The SMILES string of the molecule is Cc1ccc(C)c(CC(=O)N2C[C@@H]3CNC[C@@H]3[C@@H]2c2ccccc2)c1. The van der Waals surface area contributed by atoms with Gasteiger partial charge in [-0.15, -0.1) is 0 Å². The van der Waals surface area contributed by atoms with Crippen LogP contribution in [0.1, 0.15) is 28.3 Å². The van der Waals surface area contributed by atoms with Crippen LogP contribution in [0.5, 0.6) is 0 Å². The van der Waals surface area contributed by atoms with E-state index in [-0.39, 0.29) is 11.9 Å². The first-order valence-corrected chi connectivity index (χ1v) is 9.25. The second-order valence-corrected chi connectivity index (χ2v) is 7.59. The van der Waals surface area contributed by atoms with Crippen LogP contribution >= 0.6 is 0 Å². The maximum absolute atomic E-state index is 13.2. The average molecular weight is 334 g/mol. The molecule has 3 atom stereocenters. The number of hydrogen-bond acceptors (Lipinski definition) is 2. The van der Waals surface area contributed by atoms with Crippen molar-refractivity contribution in [3.8, 4) is 0 Å². The lowest BCUT2D eigenvalue weighted by molar-refractivity contribution is -0.131. The van der Waals surface area contributed by atoms with Crippen LogP contribution in [0.4, 0.5) is 0 Å². The molecule has 0 spiro atoms. The van der Waals surface area contributed by atoms with Gasteiger partial charge >= 0.3 is 0 Å². The Kier molecular flexibility index (Phi) is 4.34. The van der Waals surface area contributed by atoms with Gasteiger partial charge in [-0.1, -0.05) is 54.1 Å². The zero-order valence-electron chi connectivity index (χ0n) is 15.0. The summed E-state index contributed by atoms with van der Waals surface area (Å²) in [5, 5.41) is 3.51. The van der Waals surface area contributed by atoms with Crippen LogP contribution in [0.3, 0.4) is 0 Å². The third-order valence-electron chi connectivity index (χ3n) is 5.87. The molecular weight excluding hydrogens is 308 g/mol. The molecule has 0 saturated carbocycles. The van der Waals surface area contributed by atoms with E-state index in [1.807, 2.05) is 6.07 Å². The van der Waals surface area contributed by atoms with Crippen molar-refractivity contribution in [2.45, 2.75) is 26.3 Å². The number of carbonyl (C=O) groups is 1. The molecule has 2 aliphatic rings.